The molecule has 1 fully saturated rings. The summed E-state index contributed by atoms with van der Waals surface area (Å²) in [5.74, 6) is -1.81. The van der Waals surface area contributed by atoms with Gasteiger partial charge in [-0.05, 0) is 37.5 Å². The SMILES string of the molecule is COC(=O)c1ccc(C)c(S(=O)(=O)N2CCC[C@H]2C(=O)O)c1. The molecule has 0 radical (unpaired) electrons. The summed E-state index contributed by atoms with van der Waals surface area (Å²) in [5.41, 5.74) is 0.557. The summed E-state index contributed by atoms with van der Waals surface area (Å²) >= 11 is 0. The van der Waals surface area contributed by atoms with Crippen molar-refractivity contribution in [3.05, 3.63) is 29.3 Å². The molecule has 2 rings (SSSR count). The van der Waals surface area contributed by atoms with Crippen LogP contribution < -0.4 is 0 Å². The number of nitrogens with zero attached hydrogens (tertiary/aromatic N) is 1. The van der Waals surface area contributed by atoms with Crippen molar-refractivity contribution in [2.75, 3.05) is 13.7 Å². The number of esters is 1. The lowest BCUT2D eigenvalue weighted by Gasteiger charge is -2.22. The van der Waals surface area contributed by atoms with Gasteiger partial charge in [-0.1, -0.05) is 6.07 Å². The van der Waals surface area contributed by atoms with Gasteiger partial charge in [-0.3, -0.25) is 4.79 Å². The molecular formula is C14H17NO6S. The van der Waals surface area contributed by atoms with Crippen LogP contribution in [0.15, 0.2) is 23.1 Å². The highest BCUT2D eigenvalue weighted by Gasteiger charge is 2.40. The third-order valence-electron chi connectivity index (χ3n) is 3.68. The summed E-state index contributed by atoms with van der Waals surface area (Å²) < 4.78 is 31.1. The standard InChI is InChI=1S/C14H17NO6S/c1-9-5-6-10(14(18)21-2)8-12(9)22(19,20)15-7-3-4-11(15)13(16)17/h5-6,8,11H,3-4,7H2,1-2H3,(H,16,17)/t11-/m0/s1. The van der Waals surface area contributed by atoms with Crippen molar-refractivity contribution in [3.8, 4) is 0 Å². The van der Waals surface area contributed by atoms with E-state index in [0.29, 0.717) is 12.0 Å². The Morgan fingerprint density at radius 2 is 2.05 bits per heavy atom. The lowest BCUT2D eigenvalue weighted by atomic mass is 10.1. The minimum atomic E-state index is -3.98. The van der Waals surface area contributed by atoms with E-state index in [2.05, 4.69) is 4.74 Å². The summed E-state index contributed by atoms with van der Waals surface area (Å²) in [6.07, 6.45) is 0.774. The number of benzene rings is 1. The summed E-state index contributed by atoms with van der Waals surface area (Å²) in [6, 6.07) is 3.14. The zero-order valence-electron chi connectivity index (χ0n) is 12.3. The Kier molecular flexibility index (Phi) is 4.52. The van der Waals surface area contributed by atoms with Gasteiger partial charge >= 0.3 is 11.9 Å². The Labute approximate surface area is 128 Å². The van der Waals surface area contributed by atoms with Gasteiger partial charge in [-0.25, -0.2) is 13.2 Å². The van der Waals surface area contributed by atoms with Gasteiger partial charge in [0.15, 0.2) is 0 Å². The molecule has 0 saturated carbocycles. The van der Waals surface area contributed by atoms with Gasteiger partial charge in [0.2, 0.25) is 10.0 Å². The number of carbonyl (C=O) groups excluding carboxylic acids is 1. The zero-order valence-corrected chi connectivity index (χ0v) is 13.1. The van der Waals surface area contributed by atoms with Gasteiger partial charge in [0.05, 0.1) is 17.6 Å². The van der Waals surface area contributed by atoms with Crippen molar-refractivity contribution < 1.29 is 27.9 Å². The molecule has 8 heteroatoms. The minimum Gasteiger partial charge on any atom is -0.480 e. The molecule has 1 N–H and O–H groups in total. The van der Waals surface area contributed by atoms with E-state index in [1.54, 1.807) is 6.92 Å². The first-order valence-electron chi connectivity index (χ1n) is 6.72. The molecule has 0 spiro atoms. The van der Waals surface area contributed by atoms with Crippen LogP contribution >= 0.6 is 0 Å². The number of hydrogen-bond donors (Lipinski definition) is 1. The van der Waals surface area contributed by atoms with E-state index in [1.807, 2.05) is 0 Å². The first kappa shape index (κ1) is 16.4. The second-order valence-electron chi connectivity index (χ2n) is 5.08. The maximum absolute atomic E-state index is 12.7. The topological polar surface area (TPSA) is 101 Å². The number of carboxylic acids is 1. The number of methoxy groups -OCH3 is 1. The Morgan fingerprint density at radius 3 is 2.64 bits per heavy atom. The van der Waals surface area contributed by atoms with E-state index in [0.717, 1.165) is 4.31 Å². The zero-order chi connectivity index (χ0) is 16.5. The van der Waals surface area contributed by atoms with Gasteiger partial charge in [0.25, 0.3) is 0 Å². The average Bonchev–Trinajstić information content (AvgIpc) is 2.97. The molecule has 0 aromatic heterocycles. The van der Waals surface area contributed by atoms with E-state index >= 15 is 0 Å². The van der Waals surface area contributed by atoms with Crippen LogP contribution in [-0.2, 0) is 19.6 Å². The molecule has 0 aliphatic carbocycles. The van der Waals surface area contributed by atoms with Crippen molar-refractivity contribution >= 4 is 22.0 Å². The summed E-state index contributed by atoms with van der Waals surface area (Å²) in [5, 5.41) is 9.16. The molecule has 1 aliphatic rings. The fourth-order valence-electron chi connectivity index (χ4n) is 2.52. The van der Waals surface area contributed by atoms with Crippen LogP contribution in [0.2, 0.25) is 0 Å². The van der Waals surface area contributed by atoms with Gasteiger partial charge in [-0.15, -0.1) is 0 Å². The Balaban J connectivity index is 2.49. The first-order chi connectivity index (χ1) is 10.3. The first-order valence-corrected chi connectivity index (χ1v) is 8.16. The Bertz CT molecular complexity index is 712. The van der Waals surface area contributed by atoms with Crippen molar-refractivity contribution in [1.82, 2.24) is 4.31 Å². The Morgan fingerprint density at radius 1 is 1.36 bits per heavy atom. The number of aliphatic carboxylic acids is 1. The number of sulfonamides is 1. The maximum Gasteiger partial charge on any atom is 0.337 e. The highest BCUT2D eigenvalue weighted by Crippen LogP contribution is 2.28. The molecule has 1 aromatic rings. The molecule has 1 heterocycles. The van der Waals surface area contributed by atoms with E-state index in [-0.39, 0.29) is 23.4 Å². The van der Waals surface area contributed by atoms with E-state index < -0.39 is 28.0 Å². The lowest BCUT2D eigenvalue weighted by Crippen LogP contribution is -2.40. The second kappa shape index (κ2) is 6.05. The van der Waals surface area contributed by atoms with Crippen LogP contribution in [0.25, 0.3) is 0 Å². The van der Waals surface area contributed by atoms with Gasteiger partial charge < -0.3 is 9.84 Å². The third kappa shape index (κ3) is 2.84. The predicted octanol–water partition coefficient (Wildman–Crippen LogP) is 1.02. The van der Waals surface area contributed by atoms with Gasteiger partial charge in [0, 0.05) is 6.54 Å². The number of carbonyl (C=O) groups is 2. The quantitative estimate of drug-likeness (QED) is 0.829. The maximum atomic E-state index is 12.7. The molecule has 0 bridgehead atoms. The van der Waals surface area contributed by atoms with Crippen LogP contribution in [-0.4, -0.2) is 49.5 Å². The number of aryl methyl sites for hydroxylation is 1. The molecule has 0 unspecified atom stereocenters. The van der Waals surface area contributed by atoms with Crippen LogP contribution in [0.3, 0.4) is 0 Å². The number of hydrogen-bond acceptors (Lipinski definition) is 5. The molecular weight excluding hydrogens is 310 g/mol. The molecule has 1 atom stereocenters. The minimum absolute atomic E-state index is 0.0662. The molecule has 0 amide bonds. The largest absolute Gasteiger partial charge is 0.480 e. The number of rotatable bonds is 4. The summed E-state index contributed by atoms with van der Waals surface area (Å²) in [6.45, 7) is 1.75. The van der Waals surface area contributed by atoms with Crippen molar-refractivity contribution in [2.24, 2.45) is 0 Å². The molecule has 22 heavy (non-hydrogen) atoms. The molecule has 1 aromatic carbocycles. The normalized spacial score (nSPS) is 19.1. The van der Waals surface area contributed by atoms with E-state index in [1.165, 1.54) is 25.3 Å². The monoisotopic (exact) mass is 327 g/mol. The van der Waals surface area contributed by atoms with Crippen molar-refractivity contribution in [1.29, 1.82) is 0 Å². The van der Waals surface area contributed by atoms with E-state index in [4.69, 9.17) is 5.11 Å². The molecule has 1 aliphatic heterocycles. The van der Waals surface area contributed by atoms with Crippen LogP contribution in [0.4, 0.5) is 0 Å². The van der Waals surface area contributed by atoms with Gasteiger partial charge in [0.1, 0.15) is 6.04 Å². The molecule has 7 nitrogen and oxygen atoms in total. The highest BCUT2D eigenvalue weighted by molar-refractivity contribution is 7.89. The van der Waals surface area contributed by atoms with Crippen molar-refractivity contribution in [2.45, 2.75) is 30.7 Å². The smallest absolute Gasteiger partial charge is 0.337 e. The summed E-state index contributed by atoms with van der Waals surface area (Å²) in [7, 11) is -2.78. The average molecular weight is 327 g/mol. The van der Waals surface area contributed by atoms with Crippen LogP contribution in [0, 0.1) is 6.92 Å². The lowest BCUT2D eigenvalue weighted by molar-refractivity contribution is -0.140. The van der Waals surface area contributed by atoms with Gasteiger partial charge in [-0.2, -0.15) is 4.31 Å². The number of carboxylic acid groups (broad SMARTS) is 1. The van der Waals surface area contributed by atoms with Crippen LogP contribution in [0.1, 0.15) is 28.8 Å². The van der Waals surface area contributed by atoms with E-state index in [9.17, 15) is 18.0 Å². The third-order valence-corrected chi connectivity index (χ3v) is 5.73. The summed E-state index contributed by atoms with van der Waals surface area (Å²) in [4.78, 5) is 22.7. The Hall–Kier alpha value is -1.93. The highest BCUT2D eigenvalue weighted by atomic mass is 32.2. The molecule has 1 saturated heterocycles. The predicted molar refractivity (Wildman–Crippen MR) is 77.1 cm³/mol. The second-order valence-corrected chi connectivity index (χ2v) is 6.94. The number of ether oxygens (including phenoxy) is 1. The van der Waals surface area contributed by atoms with Crippen molar-refractivity contribution in [3.63, 3.8) is 0 Å². The van der Waals surface area contributed by atoms with Crippen LogP contribution in [0.5, 0.6) is 0 Å². The fraction of sp³-hybridized carbons (Fsp3) is 0.429. The fourth-order valence-corrected chi connectivity index (χ4v) is 4.43. The molecule has 120 valence electrons.